The summed E-state index contributed by atoms with van der Waals surface area (Å²) in [5, 5.41) is 8.88. The summed E-state index contributed by atoms with van der Waals surface area (Å²) in [7, 11) is 0. The molecule has 0 unspecified atom stereocenters. The maximum Gasteiger partial charge on any atom is 0.213 e. The quantitative estimate of drug-likeness (QED) is 0.432. The molecule has 0 N–H and O–H groups in total. The van der Waals surface area contributed by atoms with Crippen molar-refractivity contribution in [3.05, 3.63) is 72.4 Å². The van der Waals surface area contributed by atoms with Crippen LogP contribution < -0.4 is 0 Å². The van der Waals surface area contributed by atoms with Crippen LogP contribution in [0.15, 0.2) is 65.8 Å². The molecule has 3 nitrogen and oxygen atoms in total. The SMILES string of the molecule is c1ccc2c(c1)ccc1c3c(ccc12)CCCC3.c1ncon1. The van der Waals surface area contributed by atoms with Crippen molar-refractivity contribution >= 4 is 21.5 Å². The standard InChI is InChI=1S/C18H16.C2H2N2O/c1-3-7-15-13(5-1)9-11-18-16-8-4-2-6-14(16)10-12-17(15)18;1-3-2-5-4-1/h1,3,5,7,9-12H,2,4,6,8H2;1-2H. The van der Waals surface area contributed by atoms with Crippen LogP contribution in [0.25, 0.3) is 21.5 Å². The predicted octanol–water partition coefficient (Wildman–Crippen LogP) is 4.94. The summed E-state index contributed by atoms with van der Waals surface area (Å²) >= 11 is 0. The second kappa shape index (κ2) is 6.21. The molecule has 5 rings (SSSR count). The molecule has 0 fully saturated rings. The zero-order valence-electron chi connectivity index (χ0n) is 12.9. The summed E-state index contributed by atoms with van der Waals surface area (Å²) in [6, 6.07) is 18.0. The van der Waals surface area contributed by atoms with Crippen LogP contribution in [0.2, 0.25) is 0 Å². The second-order valence-corrected chi connectivity index (χ2v) is 5.87. The van der Waals surface area contributed by atoms with E-state index < -0.39 is 0 Å². The van der Waals surface area contributed by atoms with Gasteiger partial charge in [-0.05, 0) is 58.4 Å². The fourth-order valence-corrected chi connectivity index (χ4v) is 3.48. The Morgan fingerprint density at radius 2 is 1.65 bits per heavy atom. The van der Waals surface area contributed by atoms with Crippen molar-refractivity contribution in [2.24, 2.45) is 0 Å². The first-order valence-corrected chi connectivity index (χ1v) is 8.05. The van der Waals surface area contributed by atoms with E-state index in [4.69, 9.17) is 0 Å². The van der Waals surface area contributed by atoms with E-state index in [1.807, 2.05) is 0 Å². The molecule has 0 radical (unpaired) electrons. The molecule has 1 aliphatic rings. The lowest BCUT2D eigenvalue weighted by Crippen LogP contribution is -2.02. The molecule has 3 heteroatoms. The number of aromatic nitrogens is 2. The van der Waals surface area contributed by atoms with E-state index >= 15 is 0 Å². The summed E-state index contributed by atoms with van der Waals surface area (Å²) in [5.41, 5.74) is 3.17. The lowest BCUT2D eigenvalue weighted by Gasteiger charge is -2.18. The van der Waals surface area contributed by atoms with Gasteiger partial charge in [-0.25, -0.2) is 4.98 Å². The van der Waals surface area contributed by atoms with Crippen LogP contribution >= 0.6 is 0 Å². The number of fused-ring (bicyclic) bond motifs is 5. The molecular weight excluding hydrogens is 284 g/mol. The van der Waals surface area contributed by atoms with E-state index in [9.17, 15) is 0 Å². The summed E-state index contributed by atoms with van der Waals surface area (Å²) in [6.45, 7) is 0. The Hall–Kier alpha value is -2.68. The monoisotopic (exact) mass is 302 g/mol. The third-order valence-electron chi connectivity index (χ3n) is 4.54. The minimum atomic E-state index is 1.25. The van der Waals surface area contributed by atoms with Crippen molar-refractivity contribution < 1.29 is 4.52 Å². The van der Waals surface area contributed by atoms with Crippen molar-refractivity contribution in [3.8, 4) is 0 Å². The molecule has 0 amide bonds. The topological polar surface area (TPSA) is 38.9 Å². The van der Waals surface area contributed by atoms with E-state index in [0.29, 0.717) is 0 Å². The molecule has 0 atom stereocenters. The summed E-state index contributed by atoms with van der Waals surface area (Å²) < 4.78 is 4.22. The minimum absolute atomic E-state index is 1.25. The average molecular weight is 302 g/mol. The summed E-state index contributed by atoms with van der Waals surface area (Å²) in [6.07, 6.45) is 7.81. The Balaban J connectivity index is 0.000000233. The second-order valence-electron chi connectivity index (χ2n) is 5.87. The number of aryl methyl sites for hydroxylation is 2. The van der Waals surface area contributed by atoms with Crippen molar-refractivity contribution in [3.63, 3.8) is 0 Å². The van der Waals surface area contributed by atoms with Gasteiger partial charge < -0.3 is 4.52 Å². The van der Waals surface area contributed by atoms with Gasteiger partial charge in [0.1, 0.15) is 0 Å². The molecular formula is C20H18N2O. The van der Waals surface area contributed by atoms with E-state index in [2.05, 4.69) is 63.2 Å². The Morgan fingerprint density at radius 3 is 2.48 bits per heavy atom. The molecule has 0 saturated heterocycles. The highest BCUT2D eigenvalue weighted by Gasteiger charge is 2.13. The van der Waals surface area contributed by atoms with Gasteiger partial charge in [-0.3, -0.25) is 0 Å². The van der Waals surface area contributed by atoms with Crippen molar-refractivity contribution in [2.75, 3.05) is 0 Å². The zero-order valence-corrected chi connectivity index (χ0v) is 12.9. The maximum atomic E-state index is 4.22. The molecule has 4 aromatic rings. The molecule has 0 saturated carbocycles. The van der Waals surface area contributed by atoms with Gasteiger partial charge in [0.25, 0.3) is 0 Å². The van der Waals surface area contributed by atoms with Crippen LogP contribution in [-0.4, -0.2) is 10.1 Å². The Bertz CT molecular complexity index is 912. The van der Waals surface area contributed by atoms with Gasteiger partial charge in [-0.2, -0.15) is 0 Å². The molecule has 0 spiro atoms. The molecule has 1 aromatic heterocycles. The lowest BCUT2D eigenvalue weighted by atomic mass is 9.86. The van der Waals surface area contributed by atoms with Gasteiger partial charge in [0.2, 0.25) is 6.39 Å². The number of hydrogen-bond donors (Lipinski definition) is 0. The van der Waals surface area contributed by atoms with Crippen LogP contribution in [-0.2, 0) is 12.8 Å². The third-order valence-corrected chi connectivity index (χ3v) is 4.54. The predicted molar refractivity (Wildman–Crippen MR) is 92.4 cm³/mol. The highest BCUT2D eigenvalue weighted by atomic mass is 16.5. The third kappa shape index (κ3) is 2.70. The van der Waals surface area contributed by atoms with E-state index in [0.717, 1.165) is 0 Å². The Kier molecular flexibility index (Phi) is 3.76. The van der Waals surface area contributed by atoms with E-state index in [-0.39, 0.29) is 0 Å². The molecule has 1 aliphatic carbocycles. The van der Waals surface area contributed by atoms with Crippen molar-refractivity contribution in [1.29, 1.82) is 0 Å². The number of benzene rings is 3. The first kappa shape index (κ1) is 13.9. The van der Waals surface area contributed by atoms with Gasteiger partial charge in [0.15, 0.2) is 6.33 Å². The molecule has 1 heterocycles. The smallest absolute Gasteiger partial charge is 0.213 e. The molecule has 23 heavy (non-hydrogen) atoms. The molecule has 114 valence electrons. The van der Waals surface area contributed by atoms with E-state index in [1.54, 1.807) is 11.1 Å². The number of nitrogens with zero attached hydrogens (tertiary/aromatic N) is 2. The largest absolute Gasteiger partial charge is 0.343 e. The first-order valence-electron chi connectivity index (χ1n) is 8.05. The molecule has 0 aliphatic heterocycles. The van der Waals surface area contributed by atoms with Crippen molar-refractivity contribution in [1.82, 2.24) is 10.1 Å². The molecule has 0 bridgehead atoms. The highest BCUT2D eigenvalue weighted by molar-refractivity contribution is 6.08. The van der Waals surface area contributed by atoms with Gasteiger partial charge in [0, 0.05) is 0 Å². The Labute approximate surface area is 134 Å². The van der Waals surface area contributed by atoms with Gasteiger partial charge in [0.05, 0.1) is 0 Å². The minimum Gasteiger partial charge on any atom is -0.343 e. The van der Waals surface area contributed by atoms with Gasteiger partial charge in [-0.1, -0.05) is 53.7 Å². The summed E-state index contributed by atoms with van der Waals surface area (Å²) in [4.78, 5) is 3.44. The van der Waals surface area contributed by atoms with Crippen LogP contribution in [0.3, 0.4) is 0 Å². The van der Waals surface area contributed by atoms with Crippen molar-refractivity contribution in [2.45, 2.75) is 25.7 Å². The maximum absolute atomic E-state index is 4.22. The first-order chi connectivity index (χ1) is 11.4. The highest BCUT2D eigenvalue weighted by Crippen LogP contribution is 2.33. The van der Waals surface area contributed by atoms with Crippen LogP contribution in [0.1, 0.15) is 24.0 Å². The molecule has 3 aromatic carbocycles. The van der Waals surface area contributed by atoms with Crippen LogP contribution in [0.4, 0.5) is 0 Å². The fraction of sp³-hybridized carbons (Fsp3) is 0.200. The van der Waals surface area contributed by atoms with Gasteiger partial charge in [-0.15, -0.1) is 0 Å². The lowest BCUT2D eigenvalue weighted by molar-refractivity contribution is 0.416. The Morgan fingerprint density at radius 1 is 0.783 bits per heavy atom. The van der Waals surface area contributed by atoms with Crippen LogP contribution in [0, 0.1) is 0 Å². The van der Waals surface area contributed by atoms with Crippen LogP contribution in [0.5, 0.6) is 0 Å². The van der Waals surface area contributed by atoms with E-state index in [1.165, 1.54) is 59.9 Å². The van der Waals surface area contributed by atoms with Gasteiger partial charge >= 0.3 is 0 Å². The normalized spacial score (nSPS) is 13.4. The number of rotatable bonds is 0. The average Bonchev–Trinajstić information content (AvgIpc) is 3.21. The summed E-state index contributed by atoms with van der Waals surface area (Å²) in [5.74, 6) is 0. The number of hydrogen-bond acceptors (Lipinski definition) is 3. The fourth-order valence-electron chi connectivity index (χ4n) is 3.48. The zero-order chi connectivity index (χ0) is 15.5.